The second kappa shape index (κ2) is 7.36. The van der Waals surface area contributed by atoms with Crippen LogP contribution in [0.3, 0.4) is 0 Å². The lowest BCUT2D eigenvalue weighted by molar-refractivity contribution is 0.274. The predicted molar refractivity (Wildman–Crippen MR) is 68.6 cm³/mol. The van der Waals surface area contributed by atoms with Crippen molar-refractivity contribution in [3.05, 3.63) is 30.1 Å². The molecule has 3 heteroatoms. The summed E-state index contributed by atoms with van der Waals surface area (Å²) in [5, 5.41) is 3.45. The van der Waals surface area contributed by atoms with Crippen molar-refractivity contribution in [1.82, 2.24) is 15.2 Å². The quantitative estimate of drug-likeness (QED) is 0.708. The molecule has 0 aliphatic carbocycles. The maximum Gasteiger partial charge on any atom is 0.0300 e. The first-order valence-corrected chi connectivity index (χ1v) is 6.00. The van der Waals surface area contributed by atoms with Gasteiger partial charge in [-0.1, -0.05) is 6.07 Å². The summed E-state index contributed by atoms with van der Waals surface area (Å²) < 4.78 is 0. The smallest absolute Gasteiger partial charge is 0.0300 e. The molecule has 1 N–H and O–H groups in total. The van der Waals surface area contributed by atoms with Crippen molar-refractivity contribution in [2.75, 3.05) is 26.7 Å². The van der Waals surface area contributed by atoms with Gasteiger partial charge in [-0.05, 0) is 45.5 Å². The van der Waals surface area contributed by atoms with E-state index in [4.69, 9.17) is 0 Å². The van der Waals surface area contributed by atoms with Gasteiger partial charge in [-0.25, -0.2) is 0 Å². The first kappa shape index (κ1) is 13.1. The maximum atomic E-state index is 4.10. The molecule has 0 fully saturated rings. The topological polar surface area (TPSA) is 28.2 Å². The molecule has 0 radical (unpaired) electrons. The monoisotopic (exact) mass is 221 g/mol. The number of hydrogen-bond acceptors (Lipinski definition) is 3. The van der Waals surface area contributed by atoms with Gasteiger partial charge in [0.25, 0.3) is 0 Å². The van der Waals surface area contributed by atoms with E-state index >= 15 is 0 Å². The molecule has 0 aliphatic heterocycles. The second-order valence-corrected chi connectivity index (χ2v) is 4.44. The fourth-order valence-electron chi connectivity index (χ4n) is 1.42. The van der Waals surface area contributed by atoms with E-state index in [1.807, 2.05) is 18.5 Å². The van der Waals surface area contributed by atoms with Gasteiger partial charge in [0.2, 0.25) is 0 Å². The van der Waals surface area contributed by atoms with Gasteiger partial charge in [-0.2, -0.15) is 0 Å². The minimum absolute atomic E-state index is 0.625. The van der Waals surface area contributed by atoms with Crippen LogP contribution < -0.4 is 5.32 Å². The minimum atomic E-state index is 0.625. The zero-order valence-corrected chi connectivity index (χ0v) is 10.6. The number of pyridine rings is 1. The van der Waals surface area contributed by atoms with Crippen LogP contribution in [0.2, 0.25) is 0 Å². The number of hydrogen-bond donors (Lipinski definition) is 1. The molecule has 0 aromatic carbocycles. The van der Waals surface area contributed by atoms with E-state index in [1.165, 1.54) is 5.56 Å². The van der Waals surface area contributed by atoms with Gasteiger partial charge in [0, 0.05) is 31.5 Å². The molecule has 0 saturated heterocycles. The zero-order valence-electron chi connectivity index (χ0n) is 10.6. The molecule has 3 nitrogen and oxygen atoms in total. The van der Waals surface area contributed by atoms with Crippen LogP contribution in [0.5, 0.6) is 0 Å². The highest BCUT2D eigenvalue weighted by atomic mass is 15.1. The van der Waals surface area contributed by atoms with Crippen molar-refractivity contribution in [3.63, 3.8) is 0 Å². The molecule has 0 unspecified atom stereocenters. The molecule has 0 saturated carbocycles. The molecule has 16 heavy (non-hydrogen) atoms. The fourth-order valence-corrected chi connectivity index (χ4v) is 1.42. The Labute approximate surface area is 98.9 Å². The molecule has 0 spiro atoms. The Morgan fingerprint density at radius 2 is 2.19 bits per heavy atom. The summed E-state index contributed by atoms with van der Waals surface area (Å²) in [5.74, 6) is 0. The maximum absolute atomic E-state index is 4.10. The van der Waals surface area contributed by atoms with Crippen LogP contribution in [0.1, 0.15) is 19.4 Å². The summed E-state index contributed by atoms with van der Waals surface area (Å²) >= 11 is 0. The summed E-state index contributed by atoms with van der Waals surface area (Å²) in [6.07, 6.45) is 4.80. The highest BCUT2D eigenvalue weighted by molar-refractivity contribution is 5.08. The van der Waals surface area contributed by atoms with Crippen molar-refractivity contribution in [1.29, 1.82) is 0 Å². The molecule has 1 aromatic heterocycles. The first-order chi connectivity index (χ1) is 7.70. The molecule has 0 atom stereocenters. The second-order valence-electron chi connectivity index (χ2n) is 4.44. The third kappa shape index (κ3) is 5.24. The van der Waals surface area contributed by atoms with Gasteiger partial charge in [0.15, 0.2) is 0 Å². The van der Waals surface area contributed by atoms with Crippen molar-refractivity contribution in [2.45, 2.75) is 26.3 Å². The lowest BCUT2D eigenvalue weighted by Crippen LogP contribution is -2.34. The van der Waals surface area contributed by atoms with Gasteiger partial charge < -0.3 is 10.2 Å². The number of nitrogens with zero attached hydrogens (tertiary/aromatic N) is 2. The largest absolute Gasteiger partial charge is 0.315 e. The van der Waals surface area contributed by atoms with E-state index in [9.17, 15) is 0 Å². The van der Waals surface area contributed by atoms with Crippen LogP contribution in [0.4, 0.5) is 0 Å². The lowest BCUT2D eigenvalue weighted by atomic mass is 10.2. The van der Waals surface area contributed by atoms with E-state index in [1.54, 1.807) is 0 Å². The van der Waals surface area contributed by atoms with Gasteiger partial charge in [0.1, 0.15) is 0 Å². The summed E-state index contributed by atoms with van der Waals surface area (Å²) in [6.45, 7) is 7.61. The molecular formula is C13H23N3. The molecule has 90 valence electrons. The molecule has 1 heterocycles. The number of nitrogens with one attached hydrogen (secondary N) is 1. The van der Waals surface area contributed by atoms with Crippen LogP contribution >= 0.6 is 0 Å². The Kier molecular flexibility index (Phi) is 6.04. The standard InChI is InChI=1S/C13H23N3/c1-12(2)16(3)10-9-14-8-6-13-5-4-7-15-11-13/h4-5,7,11-12,14H,6,8-10H2,1-3H3. The average Bonchev–Trinajstić information content (AvgIpc) is 2.29. The van der Waals surface area contributed by atoms with E-state index in [0.29, 0.717) is 6.04 Å². The number of likely N-dealkylation sites (N-methyl/N-ethyl adjacent to an activating group) is 1. The van der Waals surface area contributed by atoms with E-state index in [2.05, 4.69) is 42.2 Å². The predicted octanol–water partition coefficient (Wildman–Crippen LogP) is 1.55. The van der Waals surface area contributed by atoms with Gasteiger partial charge in [-0.3, -0.25) is 4.98 Å². The molecule has 1 aromatic rings. The lowest BCUT2D eigenvalue weighted by Gasteiger charge is -2.20. The average molecular weight is 221 g/mol. The Bertz CT molecular complexity index is 272. The SMILES string of the molecule is CC(C)N(C)CCNCCc1cccnc1. The molecule has 1 rings (SSSR count). The minimum Gasteiger partial charge on any atom is -0.315 e. The third-order valence-corrected chi connectivity index (χ3v) is 2.84. The van der Waals surface area contributed by atoms with Gasteiger partial charge in [0.05, 0.1) is 0 Å². The van der Waals surface area contributed by atoms with Crippen LogP contribution in [-0.2, 0) is 6.42 Å². The van der Waals surface area contributed by atoms with Crippen molar-refractivity contribution >= 4 is 0 Å². The number of rotatable bonds is 7. The Balaban J connectivity index is 2.04. The van der Waals surface area contributed by atoms with Crippen LogP contribution in [-0.4, -0.2) is 42.6 Å². The third-order valence-electron chi connectivity index (χ3n) is 2.84. The number of aromatic nitrogens is 1. The van der Waals surface area contributed by atoms with Gasteiger partial charge >= 0.3 is 0 Å². The Hall–Kier alpha value is -0.930. The highest BCUT2D eigenvalue weighted by Gasteiger charge is 2.01. The molecule has 0 bridgehead atoms. The van der Waals surface area contributed by atoms with E-state index in [-0.39, 0.29) is 0 Å². The van der Waals surface area contributed by atoms with Gasteiger partial charge in [-0.15, -0.1) is 0 Å². The summed E-state index contributed by atoms with van der Waals surface area (Å²) in [7, 11) is 2.16. The summed E-state index contributed by atoms with van der Waals surface area (Å²) in [4.78, 5) is 6.44. The first-order valence-electron chi connectivity index (χ1n) is 6.00. The van der Waals surface area contributed by atoms with E-state index < -0.39 is 0 Å². The molecule has 0 aliphatic rings. The molecule has 0 amide bonds. The normalized spacial score (nSPS) is 11.3. The van der Waals surface area contributed by atoms with Crippen LogP contribution in [0.15, 0.2) is 24.5 Å². The summed E-state index contributed by atoms with van der Waals surface area (Å²) in [6, 6.07) is 4.73. The molecular weight excluding hydrogens is 198 g/mol. The Morgan fingerprint density at radius 3 is 2.81 bits per heavy atom. The van der Waals surface area contributed by atoms with Crippen molar-refractivity contribution in [3.8, 4) is 0 Å². The Morgan fingerprint density at radius 1 is 1.38 bits per heavy atom. The van der Waals surface area contributed by atoms with E-state index in [0.717, 1.165) is 26.1 Å². The van der Waals surface area contributed by atoms with Crippen LogP contribution in [0, 0.1) is 0 Å². The highest BCUT2D eigenvalue weighted by Crippen LogP contribution is 1.95. The zero-order chi connectivity index (χ0) is 11.8. The van der Waals surface area contributed by atoms with Crippen LogP contribution in [0.25, 0.3) is 0 Å². The van der Waals surface area contributed by atoms with Crippen molar-refractivity contribution in [2.24, 2.45) is 0 Å². The fraction of sp³-hybridized carbons (Fsp3) is 0.615. The summed E-state index contributed by atoms with van der Waals surface area (Å²) in [5.41, 5.74) is 1.30. The van der Waals surface area contributed by atoms with Crippen molar-refractivity contribution < 1.29 is 0 Å².